The number of allylic oxidation sites excluding steroid dienone is 1. The van der Waals surface area contributed by atoms with Crippen molar-refractivity contribution in [2.24, 2.45) is 0 Å². The Morgan fingerprint density at radius 1 is 1.18 bits per heavy atom. The summed E-state index contributed by atoms with van der Waals surface area (Å²) >= 11 is 0. The molecule has 0 saturated heterocycles. The number of amides is 3. The number of hydrogen-bond donors (Lipinski definition) is 3. The van der Waals surface area contributed by atoms with Gasteiger partial charge in [-0.3, -0.25) is 9.69 Å². The molecule has 0 atom stereocenters. The molecule has 2 heterocycles. The van der Waals surface area contributed by atoms with E-state index in [0.29, 0.717) is 24.3 Å². The van der Waals surface area contributed by atoms with Crippen molar-refractivity contribution in [1.29, 1.82) is 0 Å². The highest BCUT2D eigenvalue weighted by Gasteiger charge is 2.22. The number of carbonyl (C=O) groups is 2. The van der Waals surface area contributed by atoms with Crippen molar-refractivity contribution in [3.8, 4) is 0 Å². The second-order valence-electron chi connectivity index (χ2n) is 7.16. The molecule has 3 N–H and O–H groups in total. The Labute approximate surface area is 165 Å². The highest BCUT2D eigenvalue weighted by atomic mass is 16.2. The zero-order valence-corrected chi connectivity index (χ0v) is 16.4. The van der Waals surface area contributed by atoms with Crippen LogP contribution in [0.2, 0.25) is 0 Å². The van der Waals surface area contributed by atoms with Gasteiger partial charge in [0.2, 0.25) is 0 Å². The van der Waals surface area contributed by atoms with Gasteiger partial charge in [0.25, 0.3) is 5.91 Å². The summed E-state index contributed by atoms with van der Waals surface area (Å²) in [6.07, 6.45) is 9.50. The summed E-state index contributed by atoms with van der Waals surface area (Å²) in [5.74, 6) is -0.0951. The summed E-state index contributed by atoms with van der Waals surface area (Å²) in [4.78, 5) is 28.4. The smallest absolute Gasteiger partial charge is 0.326 e. The van der Waals surface area contributed by atoms with Crippen molar-refractivity contribution in [2.75, 3.05) is 39.0 Å². The van der Waals surface area contributed by atoms with Gasteiger partial charge >= 0.3 is 6.03 Å². The average Bonchev–Trinajstić information content (AvgIpc) is 3.12. The molecule has 7 heteroatoms. The Morgan fingerprint density at radius 3 is 2.68 bits per heavy atom. The molecule has 3 rings (SSSR count). The molecule has 7 nitrogen and oxygen atoms in total. The Hall–Kier alpha value is -3.06. The van der Waals surface area contributed by atoms with Crippen molar-refractivity contribution in [1.82, 2.24) is 20.4 Å². The van der Waals surface area contributed by atoms with E-state index < -0.39 is 0 Å². The van der Waals surface area contributed by atoms with Gasteiger partial charge in [0, 0.05) is 36.4 Å². The Bertz CT molecular complexity index is 809. The molecular formula is C21H27N5O2. The lowest BCUT2D eigenvalue weighted by Gasteiger charge is -2.15. The van der Waals surface area contributed by atoms with Crippen LogP contribution in [0.15, 0.2) is 60.1 Å². The quantitative estimate of drug-likeness (QED) is 0.634. The first-order valence-corrected chi connectivity index (χ1v) is 9.47. The van der Waals surface area contributed by atoms with Crippen molar-refractivity contribution in [3.63, 3.8) is 0 Å². The van der Waals surface area contributed by atoms with Gasteiger partial charge in [-0.1, -0.05) is 0 Å². The molecule has 148 valence electrons. The number of benzene rings is 1. The van der Waals surface area contributed by atoms with Crippen molar-refractivity contribution in [3.05, 3.63) is 65.7 Å². The fraction of sp³-hybridized carbons (Fsp3) is 0.333. The molecule has 0 aromatic heterocycles. The number of urea groups is 1. The first kappa shape index (κ1) is 19.7. The minimum Gasteiger partial charge on any atom is -0.367 e. The van der Waals surface area contributed by atoms with Crippen LogP contribution in [0.5, 0.6) is 0 Å². The molecule has 3 amide bonds. The van der Waals surface area contributed by atoms with Gasteiger partial charge in [-0.2, -0.15) is 0 Å². The number of hydrogen-bond acceptors (Lipinski definition) is 4. The van der Waals surface area contributed by atoms with E-state index in [0.717, 1.165) is 30.5 Å². The second-order valence-corrected chi connectivity index (χ2v) is 7.16. The normalized spacial score (nSPS) is 14.9. The zero-order chi connectivity index (χ0) is 19.9. The molecule has 1 aromatic carbocycles. The number of nitrogens with one attached hydrogen (secondary N) is 3. The largest absolute Gasteiger partial charge is 0.367 e. The van der Waals surface area contributed by atoms with E-state index in [1.165, 1.54) is 0 Å². The van der Waals surface area contributed by atoms with E-state index in [-0.39, 0.29) is 11.9 Å². The van der Waals surface area contributed by atoms with Gasteiger partial charge in [-0.05, 0) is 75.0 Å². The van der Waals surface area contributed by atoms with E-state index in [2.05, 4.69) is 20.9 Å². The Kier molecular flexibility index (Phi) is 6.49. The van der Waals surface area contributed by atoms with Crippen LogP contribution in [-0.2, 0) is 0 Å². The molecule has 2 aliphatic heterocycles. The predicted octanol–water partition coefficient (Wildman–Crippen LogP) is 2.49. The van der Waals surface area contributed by atoms with E-state index in [9.17, 15) is 9.59 Å². The maximum absolute atomic E-state index is 12.4. The van der Waals surface area contributed by atoms with Gasteiger partial charge in [0.05, 0.1) is 6.54 Å². The Balaban J connectivity index is 1.46. The first-order valence-electron chi connectivity index (χ1n) is 9.47. The molecule has 2 aliphatic rings. The van der Waals surface area contributed by atoms with E-state index in [4.69, 9.17) is 0 Å². The molecule has 28 heavy (non-hydrogen) atoms. The summed E-state index contributed by atoms with van der Waals surface area (Å²) in [5.41, 5.74) is 3.35. The zero-order valence-electron chi connectivity index (χ0n) is 16.4. The number of unbranched alkanes of at least 4 members (excludes halogenated alkanes) is 1. The van der Waals surface area contributed by atoms with Crippen LogP contribution in [0.3, 0.4) is 0 Å². The third-order valence-corrected chi connectivity index (χ3v) is 4.60. The second kappa shape index (κ2) is 9.23. The van der Waals surface area contributed by atoms with Crippen molar-refractivity contribution >= 4 is 17.6 Å². The molecule has 0 aliphatic carbocycles. The van der Waals surface area contributed by atoms with Crippen LogP contribution >= 0.6 is 0 Å². The van der Waals surface area contributed by atoms with Gasteiger partial charge in [-0.25, -0.2) is 4.79 Å². The maximum Gasteiger partial charge on any atom is 0.326 e. The van der Waals surface area contributed by atoms with Crippen molar-refractivity contribution in [2.45, 2.75) is 12.8 Å². The molecule has 0 bridgehead atoms. The van der Waals surface area contributed by atoms with Gasteiger partial charge in [0.1, 0.15) is 0 Å². The molecule has 1 aromatic rings. The molecule has 0 fully saturated rings. The van der Waals surface area contributed by atoms with Gasteiger partial charge < -0.3 is 20.9 Å². The summed E-state index contributed by atoms with van der Waals surface area (Å²) in [7, 11) is 4.08. The van der Waals surface area contributed by atoms with Gasteiger partial charge in [-0.15, -0.1) is 0 Å². The number of fused-ring (bicyclic) bond motifs is 1. The van der Waals surface area contributed by atoms with E-state index in [1.807, 2.05) is 38.8 Å². The van der Waals surface area contributed by atoms with Crippen LogP contribution in [-0.4, -0.2) is 55.5 Å². The lowest BCUT2D eigenvalue weighted by atomic mass is 10.1. The summed E-state index contributed by atoms with van der Waals surface area (Å²) in [6, 6.07) is 6.74. The lowest BCUT2D eigenvalue weighted by Crippen LogP contribution is -2.29. The Morgan fingerprint density at radius 2 is 1.96 bits per heavy atom. The number of carbonyl (C=O) groups excluding carboxylic acids is 2. The van der Waals surface area contributed by atoms with Crippen LogP contribution in [0.25, 0.3) is 0 Å². The number of dihydropyridines is 1. The standard InChI is InChI=1S/C21H27N5O2/c1-25(2)12-4-3-10-23-20(27)16-5-7-19(8-6-16)24-21(28)26-14-17-9-11-22-13-18(17)15-26/h5-9,11,13-14,22H,3-4,10,12,15H2,1-2H3,(H,23,27)(H,24,28). The molecular weight excluding hydrogens is 354 g/mol. The third kappa shape index (κ3) is 5.23. The molecule has 0 saturated carbocycles. The molecule has 0 spiro atoms. The summed E-state index contributed by atoms with van der Waals surface area (Å²) < 4.78 is 0. The van der Waals surface area contributed by atoms with Gasteiger partial charge in [0.15, 0.2) is 0 Å². The van der Waals surface area contributed by atoms with E-state index >= 15 is 0 Å². The summed E-state index contributed by atoms with van der Waals surface area (Å²) in [6.45, 7) is 2.21. The number of anilines is 1. The maximum atomic E-state index is 12.4. The topological polar surface area (TPSA) is 76.7 Å². The van der Waals surface area contributed by atoms with Crippen LogP contribution in [0.4, 0.5) is 10.5 Å². The van der Waals surface area contributed by atoms with Crippen LogP contribution in [0, 0.1) is 0 Å². The fourth-order valence-corrected chi connectivity index (χ4v) is 3.02. The van der Waals surface area contributed by atoms with E-state index in [1.54, 1.807) is 29.2 Å². The molecule has 0 unspecified atom stereocenters. The summed E-state index contributed by atoms with van der Waals surface area (Å²) in [5, 5.41) is 8.82. The lowest BCUT2D eigenvalue weighted by molar-refractivity contribution is 0.0953. The third-order valence-electron chi connectivity index (χ3n) is 4.60. The first-order chi connectivity index (χ1) is 13.5. The van der Waals surface area contributed by atoms with Crippen LogP contribution in [0.1, 0.15) is 23.2 Å². The highest BCUT2D eigenvalue weighted by molar-refractivity contribution is 5.95. The minimum absolute atomic E-state index is 0.0951. The monoisotopic (exact) mass is 381 g/mol. The fourth-order valence-electron chi connectivity index (χ4n) is 3.02. The number of nitrogens with zero attached hydrogens (tertiary/aromatic N) is 2. The highest BCUT2D eigenvalue weighted by Crippen LogP contribution is 2.24. The van der Waals surface area contributed by atoms with Crippen molar-refractivity contribution < 1.29 is 9.59 Å². The SMILES string of the molecule is CN(C)CCCCNC(=O)c1ccc(NC(=O)N2C=C3C=CNC=C3C2)cc1. The van der Waals surface area contributed by atoms with Crippen LogP contribution < -0.4 is 16.0 Å². The minimum atomic E-state index is -0.200. The number of rotatable bonds is 7. The predicted molar refractivity (Wildman–Crippen MR) is 111 cm³/mol. The molecule has 0 radical (unpaired) electrons. The average molecular weight is 381 g/mol.